The van der Waals surface area contributed by atoms with Gasteiger partial charge in [0.1, 0.15) is 11.9 Å². The van der Waals surface area contributed by atoms with Crippen molar-refractivity contribution < 1.29 is 19.1 Å². The molecule has 0 fully saturated rings. The van der Waals surface area contributed by atoms with Crippen LogP contribution in [0.2, 0.25) is 0 Å². The van der Waals surface area contributed by atoms with Gasteiger partial charge in [0, 0.05) is 6.54 Å². The summed E-state index contributed by atoms with van der Waals surface area (Å²) >= 11 is 0. The van der Waals surface area contributed by atoms with Gasteiger partial charge in [-0.1, -0.05) is 0 Å². The first-order valence-electron chi connectivity index (χ1n) is 6.96. The molecule has 2 heterocycles. The number of ether oxygens (including phenoxy) is 1. The average molecular weight is 344 g/mol. The van der Waals surface area contributed by atoms with Crippen LogP contribution in [0.1, 0.15) is 18.7 Å². The lowest BCUT2D eigenvalue weighted by atomic mass is 10.2. The van der Waals surface area contributed by atoms with Crippen LogP contribution in [-0.4, -0.2) is 61.3 Å². The van der Waals surface area contributed by atoms with E-state index in [0.717, 1.165) is 5.69 Å². The number of fused-ring (bicyclic) bond motifs is 1. The highest BCUT2D eigenvalue weighted by Gasteiger charge is 2.19. The minimum Gasteiger partial charge on any atom is -0.368 e. The zero-order chi connectivity index (χ0) is 17.2. The van der Waals surface area contributed by atoms with Gasteiger partial charge in [-0.25, -0.2) is 9.97 Å². The van der Waals surface area contributed by atoms with E-state index in [4.69, 9.17) is 20.3 Å². The Morgan fingerprint density at radius 2 is 2.13 bits per heavy atom. The number of nitrogen functional groups attached to an aromatic ring is 1. The van der Waals surface area contributed by atoms with E-state index in [2.05, 4.69) is 15.0 Å². The summed E-state index contributed by atoms with van der Waals surface area (Å²) in [5.41, 5.74) is 7.73. The normalized spacial score (nSPS) is 13.8. The van der Waals surface area contributed by atoms with Crippen molar-refractivity contribution in [3.63, 3.8) is 0 Å². The molecule has 0 aliphatic rings. The van der Waals surface area contributed by atoms with E-state index >= 15 is 0 Å². The SMILES string of the molecule is CC(c1nc(N)nc2c1ncn2CCOCP(=O)(O)O)N(C)C. The van der Waals surface area contributed by atoms with Crippen LogP contribution in [0, 0.1) is 0 Å². The first kappa shape index (κ1) is 17.8. The summed E-state index contributed by atoms with van der Waals surface area (Å²) in [7, 11) is -0.294. The molecule has 0 aliphatic heterocycles. The highest BCUT2D eigenvalue weighted by Crippen LogP contribution is 2.33. The molecule has 0 amide bonds. The molecule has 0 radical (unpaired) electrons. The van der Waals surface area contributed by atoms with Crippen molar-refractivity contribution in [2.75, 3.05) is 32.8 Å². The third kappa shape index (κ3) is 4.46. The largest absolute Gasteiger partial charge is 0.368 e. The van der Waals surface area contributed by atoms with E-state index < -0.39 is 13.9 Å². The minimum atomic E-state index is -4.16. The highest BCUT2D eigenvalue weighted by atomic mass is 31.2. The zero-order valence-corrected chi connectivity index (χ0v) is 14.1. The van der Waals surface area contributed by atoms with Crippen molar-refractivity contribution in [1.29, 1.82) is 0 Å². The summed E-state index contributed by atoms with van der Waals surface area (Å²) in [6.07, 6.45) is 0.977. The Morgan fingerprint density at radius 1 is 1.43 bits per heavy atom. The number of rotatable bonds is 7. The van der Waals surface area contributed by atoms with Crippen LogP contribution in [-0.2, 0) is 15.8 Å². The maximum Gasteiger partial charge on any atom is 0.350 e. The lowest BCUT2D eigenvalue weighted by Crippen LogP contribution is -2.19. The van der Waals surface area contributed by atoms with Gasteiger partial charge in [-0.05, 0) is 21.0 Å². The van der Waals surface area contributed by atoms with E-state index in [0.29, 0.717) is 17.7 Å². The molecule has 10 nitrogen and oxygen atoms in total. The summed E-state index contributed by atoms with van der Waals surface area (Å²) in [6, 6.07) is 0.0112. The molecule has 1 unspecified atom stereocenters. The molecule has 11 heteroatoms. The van der Waals surface area contributed by atoms with Crippen LogP contribution >= 0.6 is 7.60 Å². The van der Waals surface area contributed by atoms with Gasteiger partial charge in [-0.3, -0.25) is 4.57 Å². The molecule has 0 aliphatic carbocycles. The fraction of sp³-hybridized carbons (Fsp3) is 0.583. The van der Waals surface area contributed by atoms with Gasteiger partial charge in [0.25, 0.3) is 0 Å². The average Bonchev–Trinajstić information content (AvgIpc) is 2.83. The molecule has 0 bridgehead atoms. The summed E-state index contributed by atoms with van der Waals surface area (Å²) in [6.45, 7) is 2.46. The standard InChI is InChI=1S/C12H21N6O4P/c1-8(17(2)3)9-10-11(16-12(13)15-9)18(6-14-10)4-5-22-7-23(19,20)21/h6,8H,4-5,7H2,1-3H3,(H2,13,15,16)(H2,19,20,21). The third-order valence-electron chi connectivity index (χ3n) is 3.41. The van der Waals surface area contributed by atoms with Gasteiger partial charge in [0.05, 0.1) is 24.7 Å². The third-order valence-corrected chi connectivity index (χ3v) is 3.93. The minimum absolute atomic E-state index is 0.0112. The molecule has 2 aromatic heterocycles. The second-order valence-electron chi connectivity index (χ2n) is 5.42. The van der Waals surface area contributed by atoms with Gasteiger partial charge in [0.2, 0.25) is 5.95 Å². The number of hydrogen-bond acceptors (Lipinski definition) is 7. The fourth-order valence-corrected chi connectivity index (χ4v) is 2.40. The van der Waals surface area contributed by atoms with E-state index in [-0.39, 0.29) is 18.6 Å². The van der Waals surface area contributed by atoms with E-state index in [1.165, 1.54) is 0 Å². The maximum absolute atomic E-state index is 10.7. The van der Waals surface area contributed by atoms with Crippen molar-refractivity contribution in [3.05, 3.63) is 12.0 Å². The summed E-state index contributed by atoms with van der Waals surface area (Å²) in [5.74, 6) is 0.152. The Labute approximate surface area is 133 Å². The quantitative estimate of drug-likeness (QED) is 0.474. The topological polar surface area (TPSA) is 140 Å². The fourth-order valence-electron chi connectivity index (χ4n) is 2.03. The molecule has 2 rings (SSSR count). The molecule has 0 aromatic carbocycles. The van der Waals surface area contributed by atoms with E-state index in [9.17, 15) is 4.57 Å². The Balaban J connectivity index is 2.21. The van der Waals surface area contributed by atoms with Gasteiger partial charge in [-0.2, -0.15) is 4.98 Å². The molecule has 0 spiro atoms. The number of anilines is 1. The van der Waals surface area contributed by atoms with Gasteiger partial charge < -0.3 is 29.7 Å². The van der Waals surface area contributed by atoms with Crippen molar-refractivity contribution in [2.45, 2.75) is 19.5 Å². The Kier molecular flexibility index (Phi) is 5.33. The molecule has 0 saturated carbocycles. The van der Waals surface area contributed by atoms with Crippen molar-refractivity contribution in [1.82, 2.24) is 24.4 Å². The van der Waals surface area contributed by atoms with Crippen molar-refractivity contribution in [2.24, 2.45) is 0 Å². The molecule has 2 aromatic rings. The predicted octanol–water partition coefficient (Wildman–Crippen LogP) is 0.183. The Bertz CT molecular complexity index is 728. The molecule has 4 N–H and O–H groups in total. The molecular formula is C12H21N6O4P. The van der Waals surface area contributed by atoms with Crippen LogP contribution in [0.15, 0.2) is 6.33 Å². The van der Waals surface area contributed by atoms with Gasteiger partial charge in [0.15, 0.2) is 5.65 Å². The second kappa shape index (κ2) is 6.90. The summed E-state index contributed by atoms with van der Waals surface area (Å²) in [4.78, 5) is 32.3. The Hall–Kier alpha value is -1.58. The first-order chi connectivity index (χ1) is 10.7. The van der Waals surface area contributed by atoms with Crippen molar-refractivity contribution >= 4 is 24.7 Å². The lowest BCUT2D eigenvalue weighted by molar-refractivity contribution is 0.149. The van der Waals surface area contributed by atoms with Crippen LogP contribution in [0.5, 0.6) is 0 Å². The smallest absolute Gasteiger partial charge is 0.350 e. The van der Waals surface area contributed by atoms with E-state index in [1.807, 2.05) is 25.9 Å². The monoisotopic (exact) mass is 344 g/mol. The molecular weight excluding hydrogens is 323 g/mol. The van der Waals surface area contributed by atoms with Crippen molar-refractivity contribution in [3.8, 4) is 0 Å². The molecule has 23 heavy (non-hydrogen) atoms. The van der Waals surface area contributed by atoms with Crippen LogP contribution in [0.4, 0.5) is 5.95 Å². The number of hydrogen-bond donors (Lipinski definition) is 3. The lowest BCUT2D eigenvalue weighted by Gasteiger charge is -2.19. The van der Waals surface area contributed by atoms with Crippen LogP contribution in [0.25, 0.3) is 11.2 Å². The van der Waals surface area contributed by atoms with E-state index in [1.54, 1.807) is 10.9 Å². The number of nitrogens with two attached hydrogens (primary N) is 1. The number of nitrogens with zero attached hydrogens (tertiary/aromatic N) is 5. The highest BCUT2D eigenvalue weighted by molar-refractivity contribution is 7.51. The number of aromatic nitrogens is 4. The maximum atomic E-state index is 10.7. The first-order valence-corrected chi connectivity index (χ1v) is 8.76. The second-order valence-corrected chi connectivity index (χ2v) is 7.01. The van der Waals surface area contributed by atoms with Gasteiger partial charge >= 0.3 is 7.60 Å². The molecule has 0 saturated heterocycles. The molecule has 1 atom stereocenters. The predicted molar refractivity (Wildman–Crippen MR) is 84.7 cm³/mol. The Morgan fingerprint density at radius 3 is 2.74 bits per heavy atom. The zero-order valence-electron chi connectivity index (χ0n) is 13.2. The van der Waals surface area contributed by atoms with Gasteiger partial charge in [-0.15, -0.1) is 0 Å². The molecule has 128 valence electrons. The summed E-state index contributed by atoms with van der Waals surface area (Å²) in [5, 5.41) is 0. The number of imidazole rings is 1. The van der Waals surface area contributed by atoms with Crippen LogP contribution in [0.3, 0.4) is 0 Å². The van der Waals surface area contributed by atoms with Crippen LogP contribution < -0.4 is 5.73 Å². The summed E-state index contributed by atoms with van der Waals surface area (Å²) < 4.78 is 17.4.